The second kappa shape index (κ2) is 6.55. The van der Waals surface area contributed by atoms with Crippen LogP contribution in [0.25, 0.3) is 0 Å². The monoisotopic (exact) mass is 314 g/mol. The number of nitrogens with zero attached hydrogens (tertiary/aromatic N) is 1. The summed E-state index contributed by atoms with van der Waals surface area (Å²) in [5.74, 6) is -0.408. The van der Waals surface area contributed by atoms with E-state index in [0.29, 0.717) is 5.56 Å². The molecule has 0 spiro atoms. The second-order valence-electron chi connectivity index (χ2n) is 5.26. The van der Waals surface area contributed by atoms with Crippen LogP contribution in [0.1, 0.15) is 28.4 Å². The summed E-state index contributed by atoms with van der Waals surface area (Å²) in [5.41, 5.74) is 1.61. The molecule has 118 valence electrons. The van der Waals surface area contributed by atoms with Crippen LogP contribution < -0.4 is 5.32 Å². The van der Waals surface area contributed by atoms with E-state index in [0.717, 1.165) is 9.87 Å². The van der Waals surface area contributed by atoms with Crippen molar-refractivity contribution in [1.29, 1.82) is 0 Å². The minimum Gasteiger partial charge on any atom is -0.394 e. The van der Waals surface area contributed by atoms with Gasteiger partial charge in [-0.25, -0.2) is 12.7 Å². The van der Waals surface area contributed by atoms with Gasteiger partial charge in [0, 0.05) is 25.7 Å². The first-order valence-electron chi connectivity index (χ1n) is 6.56. The van der Waals surface area contributed by atoms with Crippen LogP contribution in [0.2, 0.25) is 0 Å². The highest BCUT2D eigenvalue weighted by atomic mass is 32.2. The lowest BCUT2D eigenvalue weighted by Gasteiger charge is -2.17. The summed E-state index contributed by atoms with van der Waals surface area (Å²) in [6.07, 6.45) is 0. The van der Waals surface area contributed by atoms with E-state index in [1.165, 1.54) is 20.2 Å². The summed E-state index contributed by atoms with van der Waals surface area (Å²) in [6, 6.07) is 2.62. The Morgan fingerprint density at radius 2 is 1.90 bits per heavy atom. The zero-order valence-electron chi connectivity index (χ0n) is 13.0. The van der Waals surface area contributed by atoms with E-state index in [1.807, 2.05) is 0 Å². The van der Waals surface area contributed by atoms with Crippen molar-refractivity contribution >= 4 is 15.9 Å². The lowest BCUT2D eigenvalue weighted by Crippen LogP contribution is -2.35. The first-order valence-corrected chi connectivity index (χ1v) is 8.00. The minimum absolute atomic E-state index is 0.120. The number of sulfonamides is 1. The number of carbonyl (C=O) groups is 1. The number of nitrogens with one attached hydrogen (secondary N) is 1. The molecule has 1 unspecified atom stereocenters. The molecule has 7 heteroatoms. The highest BCUT2D eigenvalue weighted by Crippen LogP contribution is 2.23. The van der Waals surface area contributed by atoms with Gasteiger partial charge in [0.05, 0.1) is 11.5 Å². The molecule has 0 heterocycles. The van der Waals surface area contributed by atoms with Gasteiger partial charge >= 0.3 is 0 Å². The Hall–Kier alpha value is -1.44. The number of aryl methyl sites for hydroxylation is 1. The van der Waals surface area contributed by atoms with E-state index < -0.39 is 22.0 Å². The first-order chi connectivity index (χ1) is 9.61. The van der Waals surface area contributed by atoms with Gasteiger partial charge in [0.1, 0.15) is 0 Å². The number of amides is 1. The molecular weight excluding hydrogens is 292 g/mol. The van der Waals surface area contributed by atoms with Gasteiger partial charge in [0.15, 0.2) is 0 Å². The number of hydrogen-bond donors (Lipinski definition) is 2. The molecule has 1 aromatic carbocycles. The standard InChI is InChI=1S/C14H22N2O4S/c1-9-6-12(14(18)15-10(2)8-17)7-13(11(9)3)21(19,20)16(4)5/h6-7,10,17H,8H2,1-5H3,(H,15,18). The molecule has 0 aliphatic rings. The number of benzene rings is 1. The lowest BCUT2D eigenvalue weighted by molar-refractivity contribution is 0.0922. The average Bonchev–Trinajstić information content (AvgIpc) is 2.40. The van der Waals surface area contributed by atoms with E-state index in [-0.39, 0.29) is 17.1 Å². The predicted molar refractivity (Wildman–Crippen MR) is 80.8 cm³/mol. The summed E-state index contributed by atoms with van der Waals surface area (Å²) in [7, 11) is -0.718. The van der Waals surface area contributed by atoms with Crippen molar-refractivity contribution in [1.82, 2.24) is 9.62 Å². The summed E-state index contributed by atoms with van der Waals surface area (Å²) in [5, 5.41) is 11.6. The largest absolute Gasteiger partial charge is 0.394 e. The molecule has 0 saturated carbocycles. The van der Waals surface area contributed by atoms with Crippen molar-refractivity contribution in [3.05, 3.63) is 28.8 Å². The molecule has 1 atom stereocenters. The number of hydrogen-bond acceptors (Lipinski definition) is 4. The van der Waals surface area contributed by atoms with E-state index in [2.05, 4.69) is 5.32 Å². The van der Waals surface area contributed by atoms with Gasteiger partial charge in [-0.3, -0.25) is 4.79 Å². The fraction of sp³-hybridized carbons (Fsp3) is 0.500. The molecule has 1 aromatic rings. The predicted octanol–water partition coefficient (Wildman–Crippen LogP) is 0.664. The average molecular weight is 314 g/mol. The summed E-state index contributed by atoms with van der Waals surface area (Å²) in [6.45, 7) is 4.95. The second-order valence-corrected chi connectivity index (χ2v) is 7.38. The third-order valence-corrected chi connectivity index (χ3v) is 5.23. The Kier molecular flexibility index (Phi) is 5.49. The van der Waals surface area contributed by atoms with Crippen molar-refractivity contribution in [3.63, 3.8) is 0 Å². The SMILES string of the molecule is Cc1cc(C(=O)NC(C)CO)cc(S(=O)(=O)N(C)C)c1C. The third-order valence-electron chi connectivity index (χ3n) is 3.29. The molecular formula is C14H22N2O4S. The fourth-order valence-corrected chi connectivity index (χ4v) is 2.99. The smallest absolute Gasteiger partial charge is 0.251 e. The Morgan fingerprint density at radius 3 is 2.38 bits per heavy atom. The van der Waals surface area contributed by atoms with E-state index >= 15 is 0 Å². The van der Waals surface area contributed by atoms with Gasteiger partial charge in [-0.1, -0.05) is 0 Å². The van der Waals surface area contributed by atoms with Crippen molar-refractivity contribution in [2.45, 2.75) is 31.7 Å². The Morgan fingerprint density at radius 1 is 1.33 bits per heavy atom. The van der Waals surface area contributed by atoms with Crippen LogP contribution in [0.3, 0.4) is 0 Å². The quantitative estimate of drug-likeness (QED) is 0.836. The number of carbonyl (C=O) groups excluding carboxylic acids is 1. The van der Waals surface area contributed by atoms with Gasteiger partial charge in [0.2, 0.25) is 10.0 Å². The molecule has 0 aliphatic carbocycles. The van der Waals surface area contributed by atoms with E-state index in [4.69, 9.17) is 5.11 Å². The minimum atomic E-state index is -3.62. The van der Waals surface area contributed by atoms with Gasteiger partial charge in [-0.15, -0.1) is 0 Å². The first kappa shape index (κ1) is 17.6. The normalized spacial score (nSPS) is 13.3. The Labute approximate surface area is 125 Å². The van der Waals surface area contributed by atoms with Crippen LogP contribution in [0, 0.1) is 13.8 Å². The molecule has 1 rings (SSSR count). The molecule has 0 bridgehead atoms. The Balaban J connectivity index is 3.34. The molecule has 0 fully saturated rings. The van der Waals surface area contributed by atoms with Crippen molar-refractivity contribution in [2.75, 3.05) is 20.7 Å². The molecule has 6 nitrogen and oxygen atoms in total. The molecule has 21 heavy (non-hydrogen) atoms. The lowest BCUT2D eigenvalue weighted by atomic mass is 10.1. The van der Waals surface area contributed by atoms with E-state index in [1.54, 1.807) is 26.8 Å². The summed E-state index contributed by atoms with van der Waals surface area (Å²) < 4.78 is 25.7. The zero-order chi connectivity index (χ0) is 16.4. The Bertz CT molecular complexity index is 639. The molecule has 0 saturated heterocycles. The van der Waals surface area contributed by atoms with Crippen molar-refractivity contribution < 1.29 is 18.3 Å². The van der Waals surface area contributed by atoms with Crippen molar-refractivity contribution in [2.24, 2.45) is 0 Å². The maximum Gasteiger partial charge on any atom is 0.251 e. The van der Waals surface area contributed by atoms with E-state index in [9.17, 15) is 13.2 Å². The van der Waals surface area contributed by atoms with Crippen LogP contribution in [0.4, 0.5) is 0 Å². The maximum absolute atomic E-state index is 12.3. The maximum atomic E-state index is 12.3. The molecule has 0 aliphatic heterocycles. The fourth-order valence-electron chi connectivity index (χ4n) is 1.78. The summed E-state index contributed by atoms with van der Waals surface area (Å²) in [4.78, 5) is 12.2. The van der Waals surface area contributed by atoms with Crippen LogP contribution in [0.5, 0.6) is 0 Å². The highest BCUT2D eigenvalue weighted by molar-refractivity contribution is 7.89. The molecule has 0 radical (unpaired) electrons. The van der Waals surface area contributed by atoms with Crippen LogP contribution in [0.15, 0.2) is 17.0 Å². The number of aliphatic hydroxyl groups excluding tert-OH is 1. The third kappa shape index (κ3) is 3.81. The molecule has 0 aromatic heterocycles. The van der Waals surface area contributed by atoms with Crippen molar-refractivity contribution in [3.8, 4) is 0 Å². The van der Waals surface area contributed by atoms with Gasteiger partial charge in [-0.2, -0.15) is 0 Å². The van der Waals surface area contributed by atoms with Crippen LogP contribution in [-0.4, -0.2) is 50.5 Å². The van der Waals surface area contributed by atoms with Crippen LogP contribution in [-0.2, 0) is 10.0 Å². The molecule has 2 N–H and O–H groups in total. The van der Waals surface area contributed by atoms with Crippen LogP contribution >= 0.6 is 0 Å². The number of aliphatic hydroxyl groups is 1. The van der Waals surface area contributed by atoms with Gasteiger partial charge in [0.25, 0.3) is 5.91 Å². The topological polar surface area (TPSA) is 86.7 Å². The highest BCUT2D eigenvalue weighted by Gasteiger charge is 2.23. The van der Waals surface area contributed by atoms with Gasteiger partial charge < -0.3 is 10.4 Å². The summed E-state index contributed by atoms with van der Waals surface area (Å²) >= 11 is 0. The van der Waals surface area contributed by atoms with Gasteiger partial charge in [-0.05, 0) is 44.0 Å². The zero-order valence-corrected chi connectivity index (χ0v) is 13.8. The number of rotatable bonds is 5. The molecule has 1 amide bonds.